The predicted octanol–water partition coefficient (Wildman–Crippen LogP) is 2.65. The zero-order chi connectivity index (χ0) is 18.3. The van der Waals surface area contributed by atoms with E-state index in [4.69, 9.17) is 4.84 Å². The Balaban J connectivity index is 1.65. The van der Waals surface area contributed by atoms with Crippen molar-refractivity contribution in [1.82, 2.24) is 30.3 Å². The lowest BCUT2D eigenvalue weighted by atomic mass is 9.99. The Bertz CT molecular complexity index is 967. The molecule has 0 aromatic carbocycles. The minimum absolute atomic E-state index is 0.0478. The van der Waals surface area contributed by atoms with Gasteiger partial charge in [0.1, 0.15) is 5.82 Å². The van der Waals surface area contributed by atoms with Crippen LogP contribution in [-0.2, 0) is 4.84 Å². The molecular weight excluding hydrogens is 332 g/mol. The number of fused-ring (bicyclic) bond motifs is 3. The number of aromatic nitrogens is 4. The van der Waals surface area contributed by atoms with Crippen molar-refractivity contribution in [3.05, 3.63) is 30.0 Å². The summed E-state index contributed by atoms with van der Waals surface area (Å²) in [5, 5.41) is 6.52. The van der Waals surface area contributed by atoms with Crippen LogP contribution in [0.25, 0.3) is 21.9 Å². The van der Waals surface area contributed by atoms with Crippen LogP contribution >= 0.6 is 0 Å². The molecule has 1 unspecified atom stereocenters. The van der Waals surface area contributed by atoms with Crippen molar-refractivity contribution in [3.8, 4) is 0 Å². The number of rotatable bonds is 3. The molecule has 2 N–H and O–H groups in total. The molecule has 8 nitrogen and oxygen atoms in total. The third kappa shape index (κ3) is 3.08. The number of nitrogens with one attached hydrogen (secondary N) is 2. The number of aromatic amines is 1. The molecule has 0 bridgehead atoms. The van der Waals surface area contributed by atoms with E-state index in [9.17, 15) is 4.79 Å². The van der Waals surface area contributed by atoms with E-state index in [2.05, 4.69) is 25.3 Å². The number of nitrogens with zero attached hydrogens (tertiary/aromatic N) is 4. The van der Waals surface area contributed by atoms with Gasteiger partial charge in [-0.15, -0.1) is 5.06 Å². The van der Waals surface area contributed by atoms with Gasteiger partial charge in [0.25, 0.3) is 0 Å². The molecule has 1 fully saturated rings. The zero-order valence-electron chi connectivity index (χ0n) is 15.1. The molecule has 0 aliphatic carbocycles. The summed E-state index contributed by atoms with van der Waals surface area (Å²) >= 11 is 0. The summed E-state index contributed by atoms with van der Waals surface area (Å²) in [5.74, 6) is 1.05. The molecule has 8 heteroatoms. The highest BCUT2D eigenvalue weighted by Crippen LogP contribution is 2.33. The van der Waals surface area contributed by atoms with E-state index in [0.717, 1.165) is 39.9 Å². The quantitative estimate of drug-likeness (QED) is 0.751. The number of aryl methyl sites for hydroxylation is 1. The van der Waals surface area contributed by atoms with Crippen molar-refractivity contribution < 1.29 is 9.63 Å². The van der Waals surface area contributed by atoms with Crippen LogP contribution in [0.2, 0.25) is 0 Å². The Hall–Kier alpha value is -2.74. The minimum Gasteiger partial charge on any atom is -0.351 e. The molecule has 136 valence electrons. The second kappa shape index (κ2) is 6.53. The van der Waals surface area contributed by atoms with Crippen molar-refractivity contribution in [1.29, 1.82) is 0 Å². The van der Waals surface area contributed by atoms with Gasteiger partial charge in [-0.2, -0.15) is 0 Å². The molecule has 3 aromatic rings. The van der Waals surface area contributed by atoms with Gasteiger partial charge in [0.2, 0.25) is 0 Å². The van der Waals surface area contributed by atoms with Crippen LogP contribution in [-0.4, -0.2) is 50.2 Å². The maximum absolute atomic E-state index is 11.8. The molecule has 3 aromatic heterocycles. The first-order valence-electron chi connectivity index (χ1n) is 8.84. The largest absolute Gasteiger partial charge is 0.426 e. The fourth-order valence-corrected chi connectivity index (χ4v) is 3.52. The molecule has 1 aliphatic heterocycles. The standard InChI is InChI=1S/C18H22N6O2/c1-10(2)21-18(25)26-24-7-5-12(9-24)16-15-13-4-6-19-17(13)20-8-14(15)22-11(3)23-16/h4,6,8,10,12H,5,7,9H2,1-3H3,(H,21,25)(H,22,23). The maximum atomic E-state index is 11.8. The van der Waals surface area contributed by atoms with Crippen molar-refractivity contribution in [3.63, 3.8) is 0 Å². The predicted molar refractivity (Wildman–Crippen MR) is 97.6 cm³/mol. The van der Waals surface area contributed by atoms with Crippen molar-refractivity contribution >= 4 is 28.0 Å². The first kappa shape index (κ1) is 16.7. The van der Waals surface area contributed by atoms with Gasteiger partial charge in [-0.05, 0) is 33.3 Å². The van der Waals surface area contributed by atoms with Gasteiger partial charge in [-0.1, -0.05) is 0 Å². The van der Waals surface area contributed by atoms with E-state index < -0.39 is 6.09 Å². The summed E-state index contributed by atoms with van der Waals surface area (Å²) in [6.07, 6.45) is 4.02. The highest BCUT2D eigenvalue weighted by Gasteiger charge is 2.29. The minimum atomic E-state index is -0.410. The van der Waals surface area contributed by atoms with Crippen LogP contribution in [0.5, 0.6) is 0 Å². The summed E-state index contributed by atoms with van der Waals surface area (Å²) < 4.78 is 0. The number of carbonyl (C=O) groups is 1. The van der Waals surface area contributed by atoms with Gasteiger partial charge in [-0.3, -0.25) is 0 Å². The van der Waals surface area contributed by atoms with Gasteiger partial charge in [-0.25, -0.2) is 19.7 Å². The zero-order valence-corrected chi connectivity index (χ0v) is 15.1. The molecular formula is C18H22N6O2. The molecule has 1 aliphatic rings. The summed E-state index contributed by atoms with van der Waals surface area (Å²) in [7, 11) is 0. The topological polar surface area (TPSA) is 96.0 Å². The van der Waals surface area contributed by atoms with Crippen LogP contribution in [0.4, 0.5) is 4.79 Å². The van der Waals surface area contributed by atoms with Gasteiger partial charge in [0.05, 0.1) is 11.7 Å². The summed E-state index contributed by atoms with van der Waals surface area (Å²) in [4.78, 5) is 34.0. The maximum Gasteiger partial charge on any atom is 0.426 e. The molecule has 1 atom stereocenters. The summed E-state index contributed by atoms with van der Waals surface area (Å²) in [5.41, 5.74) is 2.68. The van der Waals surface area contributed by atoms with E-state index in [1.807, 2.05) is 26.8 Å². The average molecular weight is 354 g/mol. The van der Waals surface area contributed by atoms with Crippen molar-refractivity contribution in [2.75, 3.05) is 13.1 Å². The molecule has 4 rings (SSSR count). The third-order valence-corrected chi connectivity index (χ3v) is 4.56. The molecule has 4 heterocycles. The molecule has 0 saturated carbocycles. The fraction of sp³-hybridized carbons (Fsp3) is 0.444. The van der Waals surface area contributed by atoms with E-state index in [1.165, 1.54) is 0 Å². The van der Waals surface area contributed by atoms with Gasteiger partial charge in [0, 0.05) is 47.7 Å². The first-order chi connectivity index (χ1) is 12.5. The molecule has 0 spiro atoms. The van der Waals surface area contributed by atoms with Crippen LogP contribution in [0, 0.1) is 6.92 Å². The molecule has 1 saturated heterocycles. The number of carbonyl (C=O) groups excluding carboxylic acids is 1. The van der Waals surface area contributed by atoms with E-state index in [1.54, 1.807) is 17.5 Å². The van der Waals surface area contributed by atoms with E-state index >= 15 is 0 Å². The Labute approximate surface area is 150 Å². The first-order valence-corrected chi connectivity index (χ1v) is 8.84. The summed E-state index contributed by atoms with van der Waals surface area (Å²) in [6, 6.07) is 2.02. The number of hydrogen-bond donors (Lipinski definition) is 2. The number of amides is 1. The second-order valence-corrected chi connectivity index (χ2v) is 6.99. The highest BCUT2D eigenvalue weighted by molar-refractivity contribution is 6.04. The van der Waals surface area contributed by atoms with Crippen LogP contribution in [0.3, 0.4) is 0 Å². The molecule has 0 radical (unpaired) electrons. The van der Waals surface area contributed by atoms with Crippen LogP contribution < -0.4 is 5.32 Å². The third-order valence-electron chi connectivity index (χ3n) is 4.56. The molecule has 26 heavy (non-hydrogen) atoms. The van der Waals surface area contributed by atoms with Crippen LogP contribution in [0.1, 0.15) is 37.7 Å². The second-order valence-electron chi connectivity index (χ2n) is 6.99. The van der Waals surface area contributed by atoms with Gasteiger partial charge >= 0.3 is 6.09 Å². The van der Waals surface area contributed by atoms with Crippen LogP contribution in [0.15, 0.2) is 18.5 Å². The SMILES string of the molecule is Cc1nc2cnc3nccc3c2c(C2CCN(OC(=O)NC(C)C)C2)[nH]1. The monoisotopic (exact) mass is 354 g/mol. The van der Waals surface area contributed by atoms with Crippen molar-refractivity contribution in [2.24, 2.45) is 0 Å². The number of hydroxylamine groups is 2. The summed E-state index contributed by atoms with van der Waals surface area (Å²) in [6.45, 7) is 7.08. The fourth-order valence-electron chi connectivity index (χ4n) is 3.52. The van der Waals surface area contributed by atoms with Gasteiger partial charge < -0.3 is 15.1 Å². The van der Waals surface area contributed by atoms with E-state index in [-0.39, 0.29) is 12.0 Å². The number of pyridine rings is 1. The Morgan fingerprint density at radius 1 is 1.42 bits per heavy atom. The van der Waals surface area contributed by atoms with Gasteiger partial charge in [0.15, 0.2) is 5.65 Å². The smallest absolute Gasteiger partial charge is 0.351 e. The highest BCUT2D eigenvalue weighted by atomic mass is 16.7. The number of H-pyrrole nitrogens is 1. The lowest BCUT2D eigenvalue weighted by Gasteiger charge is -2.18. The lowest BCUT2D eigenvalue weighted by Crippen LogP contribution is -2.36. The molecule has 1 amide bonds. The van der Waals surface area contributed by atoms with Crippen molar-refractivity contribution in [2.45, 2.75) is 39.2 Å². The Morgan fingerprint density at radius 3 is 3.08 bits per heavy atom. The van der Waals surface area contributed by atoms with E-state index in [0.29, 0.717) is 13.1 Å². The number of hydrogen-bond acceptors (Lipinski definition) is 6. The average Bonchev–Trinajstić information content (AvgIpc) is 3.21. The Kier molecular flexibility index (Phi) is 4.20. The normalized spacial score (nSPS) is 18.1. The Morgan fingerprint density at radius 2 is 2.27 bits per heavy atom. The lowest BCUT2D eigenvalue weighted by molar-refractivity contribution is -0.0821.